The number of carbonyl (C=O) groups excluding carboxylic acids is 4. The molecule has 2 heterocycles. The number of aliphatic hydroxyl groups is 2. The Morgan fingerprint density at radius 2 is 1.80 bits per heavy atom. The Bertz CT molecular complexity index is 1190. The molecule has 1 fully saturated rings. The number of hydrogen-bond donors (Lipinski definition) is 4. The average molecular weight is 623 g/mol. The largest absolute Gasteiger partial charge is 0.491 e. The first-order valence-corrected chi connectivity index (χ1v) is 14.2. The van der Waals surface area contributed by atoms with Gasteiger partial charge in [0, 0.05) is 56.6 Å². The molecule has 3 rings (SSSR count). The van der Waals surface area contributed by atoms with E-state index in [1.807, 2.05) is 0 Å². The number of rotatable bonds is 18. The third-order valence-corrected chi connectivity index (χ3v) is 6.67. The highest BCUT2D eigenvalue weighted by atomic mass is 16.7. The first-order valence-electron chi connectivity index (χ1n) is 14.2. The lowest BCUT2D eigenvalue weighted by Gasteiger charge is -2.35. The molecule has 3 unspecified atom stereocenters. The molecule has 0 aromatic heterocycles. The van der Waals surface area contributed by atoms with Crippen molar-refractivity contribution in [1.29, 1.82) is 0 Å². The molecule has 15 heteroatoms. The van der Waals surface area contributed by atoms with E-state index in [1.165, 1.54) is 30.0 Å². The van der Waals surface area contributed by atoms with E-state index in [0.717, 1.165) is 0 Å². The van der Waals surface area contributed by atoms with E-state index in [4.69, 9.17) is 23.7 Å². The molecule has 0 saturated carbocycles. The Hall–Kier alpha value is -4.05. The van der Waals surface area contributed by atoms with Crippen LogP contribution in [0.4, 0.5) is 0 Å². The Morgan fingerprint density at radius 3 is 2.50 bits per heavy atom. The number of nitrogens with one attached hydrogen (secondary N) is 1. The van der Waals surface area contributed by atoms with Crippen molar-refractivity contribution in [1.82, 2.24) is 10.2 Å². The zero-order chi connectivity index (χ0) is 32.1. The molecule has 242 valence electrons. The van der Waals surface area contributed by atoms with Crippen LogP contribution in [0.15, 0.2) is 30.4 Å². The summed E-state index contributed by atoms with van der Waals surface area (Å²) in [7, 11) is 0. The molecule has 4 N–H and O–H groups in total. The van der Waals surface area contributed by atoms with Crippen LogP contribution in [-0.2, 0) is 44.8 Å². The number of carboxylic acid groups (broad SMARTS) is 1. The van der Waals surface area contributed by atoms with Crippen molar-refractivity contribution in [3.8, 4) is 11.5 Å². The fraction of sp³-hybridized carbons (Fsp3) is 0.552. The van der Waals surface area contributed by atoms with E-state index in [0.29, 0.717) is 50.1 Å². The number of aliphatic hydroxyl groups excluding tert-OH is 2. The van der Waals surface area contributed by atoms with Gasteiger partial charge in [-0.15, -0.1) is 0 Å². The van der Waals surface area contributed by atoms with Crippen LogP contribution in [0.3, 0.4) is 0 Å². The summed E-state index contributed by atoms with van der Waals surface area (Å²) in [5, 5.41) is 32.4. The molecule has 2 aliphatic rings. The van der Waals surface area contributed by atoms with Gasteiger partial charge < -0.3 is 44.3 Å². The number of carboxylic acids is 1. The zero-order valence-electron chi connectivity index (χ0n) is 24.3. The minimum atomic E-state index is -1.53. The average Bonchev–Trinajstić information content (AvgIpc) is 3.30. The number of hydrogen-bond acceptors (Lipinski definition) is 12. The Kier molecular flexibility index (Phi) is 13.5. The third kappa shape index (κ3) is 10.9. The van der Waals surface area contributed by atoms with Crippen molar-refractivity contribution < 1.29 is 63.0 Å². The van der Waals surface area contributed by atoms with Crippen LogP contribution >= 0.6 is 0 Å². The van der Waals surface area contributed by atoms with Gasteiger partial charge in [-0.2, -0.15) is 0 Å². The number of ether oxygens (including phenoxy) is 5. The number of carbonyl (C=O) groups is 5. The van der Waals surface area contributed by atoms with Gasteiger partial charge in [-0.3, -0.25) is 24.1 Å². The summed E-state index contributed by atoms with van der Waals surface area (Å²) < 4.78 is 27.2. The number of nitrogens with zero attached hydrogens (tertiary/aromatic N) is 1. The predicted molar refractivity (Wildman–Crippen MR) is 149 cm³/mol. The third-order valence-electron chi connectivity index (χ3n) is 6.67. The van der Waals surface area contributed by atoms with E-state index in [1.54, 1.807) is 12.1 Å². The van der Waals surface area contributed by atoms with Gasteiger partial charge >= 0.3 is 11.9 Å². The van der Waals surface area contributed by atoms with E-state index in [-0.39, 0.29) is 56.3 Å². The molecular weight excluding hydrogens is 584 g/mol. The lowest BCUT2D eigenvalue weighted by atomic mass is 10.0. The van der Waals surface area contributed by atoms with Gasteiger partial charge in [-0.1, -0.05) is 6.42 Å². The summed E-state index contributed by atoms with van der Waals surface area (Å²) in [6, 6.07) is 4.60. The second kappa shape index (κ2) is 17.3. The van der Waals surface area contributed by atoms with Gasteiger partial charge in [-0.25, -0.2) is 4.79 Å². The van der Waals surface area contributed by atoms with Crippen LogP contribution in [-0.4, -0.2) is 107 Å². The van der Waals surface area contributed by atoms with Gasteiger partial charge in [0.25, 0.3) is 11.8 Å². The fourth-order valence-electron chi connectivity index (χ4n) is 4.31. The van der Waals surface area contributed by atoms with E-state index in [9.17, 15) is 39.3 Å². The lowest BCUT2D eigenvalue weighted by molar-refractivity contribution is -0.238. The molecule has 0 radical (unpaired) electrons. The van der Waals surface area contributed by atoms with Crippen molar-refractivity contribution in [2.75, 3.05) is 32.9 Å². The van der Waals surface area contributed by atoms with Crippen molar-refractivity contribution in [2.24, 2.45) is 0 Å². The molecule has 3 amide bonds. The molecular formula is C29H38N2O13. The number of esters is 1. The summed E-state index contributed by atoms with van der Waals surface area (Å²) in [5.41, 5.74) is 0.386. The SMILES string of the molecule is CC(=O)OCc1ccc(OCCOCCNC(=O)CCCCCN2C(=O)C=CC2=O)cc1OC1OC(C(=O)O)CC(O)[C@H]1O. The fourth-order valence-corrected chi connectivity index (χ4v) is 4.31. The van der Waals surface area contributed by atoms with Crippen molar-refractivity contribution in [2.45, 2.75) is 70.2 Å². The summed E-state index contributed by atoms with van der Waals surface area (Å²) in [6.45, 7) is 2.28. The van der Waals surface area contributed by atoms with Crippen LogP contribution in [0.25, 0.3) is 0 Å². The zero-order valence-corrected chi connectivity index (χ0v) is 24.3. The highest BCUT2D eigenvalue weighted by molar-refractivity contribution is 6.12. The molecule has 1 aromatic carbocycles. The van der Waals surface area contributed by atoms with Crippen molar-refractivity contribution in [3.63, 3.8) is 0 Å². The first-order chi connectivity index (χ1) is 21.0. The molecule has 15 nitrogen and oxygen atoms in total. The van der Waals surface area contributed by atoms with Crippen LogP contribution in [0.1, 0.15) is 44.6 Å². The number of unbranched alkanes of at least 4 members (excludes halogenated alkanes) is 2. The molecule has 44 heavy (non-hydrogen) atoms. The van der Waals surface area contributed by atoms with E-state index < -0.39 is 36.5 Å². The smallest absolute Gasteiger partial charge is 0.333 e. The van der Waals surface area contributed by atoms with Gasteiger partial charge in [0.05, 0.1) is 19.3 Å². The number of aliphatic carboxylic acids is 1. The summed E-state index contributed by atoms with van der Waals surface area (Å²) in [6.07, 6.45) is -1.35. The second-order valence-corrected chi connectivity index (χ2v) is 10.1. The monoisotopic (exact) mass is 622 g/mol. The Morgan fingerprint density at radius 1 is 1.05 bits per heavy atom. The second-order valence-electron chi connectivity index (χ2n) is 10.1. The molecule has 0 spiro atoms. The normalized spacial score (nSPS) is 21.3. The molecule has 2 aliphatic heterocycles. The van der Waals surface area contributed by atoms with Crippen LogP contribution in [0, 0.1) is 0 Å². The number of imide groups is 1. The van der Waals surface area contributed by atoms with Gasteiger partial charge in [0.15, 0.2) is 6.10 Å². The van der Waals surface area contributed by atoms with Crippen LogP contribution < -0.4 is 14.8 Å². The summed E-state index contributed by atoms with van der Waals surface area (Å²) >= 11 is 0. The van der Waals surface area contributed by atoms with Gasteiger partial charge in [0.1, 0.15) is 30.8 Å². The maximum absolute atomic E-state index is 12.0. The van der Waals surface area contributed by atoms with Gasteiger partial charge in [-0.05, 0) is 25.0 Å². The van der Waals surface area contributed by atoms with Crippen molar-refractivity contribution >= 4 is 29.7 Å². The van der Waals surface area contributed by atoms with Crippen LogP contribution in [0.5, 0.6) is 11.5 Å². The summed E-state index contributed by atoms with van der Waals surface area (Å²) in [4.78, 5) is 58.8. The quantitative estimate of drug-likeness (QED) is 0.0971. The van der Waals surface area contributed by atoms with Crippen molar-refractivity contribution in [3.05, 3.63) is 35.9 Å². The van der Waals surface area contributed by atoms with E-state index >= 15 is 0 Å². The maximum Gasteiger partial charge on any atom is 0.333 e. The lowest BCUT2D eigenvalue weighted by Crippen LogP contribution is -2.52. The highest BCUT2D eigenvalue weighted by Crippen LogP contribution is 2.30. The molecule has 4 atom stereocenters. The molecule has 1 aromatic rings. The minimum Gasteiger partial charge on any atom is -0.491 e. The summed E-state index contributed by atoms with van der Waals surface area (Å²) in [5.74, 6) is -2.19. The predicted octanol–water partition coefficient (Wildman–Crippen LogP) is 0.0469. The van der Waals surface area contributed by atoms with Crippen LogP contribution in [0.2, 0.25) is 0 Å². The van der Waals surface area contributed by atoms with E-state index in [2.05, 4.69) is 5.32 Å². The first kappa shape index (κ1) is 34.4. The Labute approximate surface area is 253 Å². The number of benzene rings is 1. The minimum absolute atomic E-state index is 0.0877. The molecule has 1 saturated heterocycles. The highest BCUT2D eigenvalue weighted by Gasteiger charge is 2.41. The Balaban J connectivity index is 1.36. The standard InChI is InChI=1S/C29H38N2O13/c1-18(32)42-17-19-6-7-20(15-22(19)43-29-27(37)21(33)16-23(44-29)28(38)39)41-14-13-40-12-10-30-24(34)5-3-2-4-11-31-25(35)8-9-26(31)36/h6-9,15,21,23,27,29,33,37H,2-5,10-14,16-17H2,1H3,(H,30,34)(H,38,39)/t21?,23?,27-,29?/m1/s1. The molecule has 0 aliphatic carbocycles. The molecule has 0 bridgehead atoms. The maximum atomic E-state index is 12.0. The number of amides is 3. The topological polar surface area (TPSA) is 207 Å². The van der Waals surface area contributed by atoms with Gasteiger partial charge in [0.2, 0.25) is 12.2 Å².